The quantitative estimate of drug-likeness (QED) is 0.237. The average Bonchev–Trinajstić information content (AvgIpc) is 3.51. The van der Waals surface area contributed by atoms with Crippen molar-refractivity contribution in [2.45, 2.75) is 51.4 Å². The third-order valence-corrected chi connectivity index (χ3v) is 9.91. The monoisotopic (exact) mass is 521 g/mol. The van der Waals surface area contributed by atoms with Crippen LogP contribution in [0.3, 0.4) is 0 Å². The molecule has 3 heterocycles. The molecule has 4 nitrogen and oxygen atoms in total. The minimum Gasteiger partial charge on any atom is -0.315 e. The van der Waals surface area contributed by atoms with Gasteiger partial charge in [0.1, 0.15) is 9.83 Å². The Labute approximate surface area is 224 Å². The normalized spacial score (nSPS) is 14.8. The summed E-state index contributed by atoms with van der Waals surface area (Å²) >= 11 is 3.52. The van der Waals surface area contributed by atoms with Crippen LogP contribution in [0.15, 0.2) is 60.7 Å². The molecule has 0 atom stereocenters. The lowest BCUT2D eigenvalue weighted by Crippen LogP contribution is -2.09. The molecule has 5 aromatic rings. The molecule has 1 N–H and O–H groups in total. The highest BCUT2D eigenvalue weighted by Crippen LogP contribution is 2.43. The van der Waals surface area contributed by atoms with Gasteiger partial charge in [0.25, 0.3) is 0 Å². The predicted octanol–water partition coefficient (Wildman–Crippen LogP) is 8.15. The maximum absolute atomic E-state index is 13.8. The molecule has 0 radical (unpaired) electrons. The summed E-state index contributed by atoms with van der Waals surface area (Å²) in [5.74, 6) is 0.657. The van der Waals surface area contributed by atoms with E-state index in [1.807, 2.05) is 47.7 Å². The lowest BCUT2D eigenvalue weighted by Gasteiger charge is -2.14. The Morgan fingerprint density at radius 1 is 0.730 bits per heavy atom. The van der Waals surface area contributed by atoms with E-state index in [-0.39, 0.29) is 5.78 Å². The summed E-state index contributed by atoms with van der Waals surface area (Å²) in [5.41, 5.74) is 6.28. The number of fused-ring (bicyclic) bond motifs is 4. The molecule has 7 rings (SSSR count). The van der Waals surface area contributed by atoms with E-state index in [4.69, 9.17) is 9.97 Å². The number of nitrogens with zero attached hydrogens (tertiary/aromatic N) is 2. The van der Waals surface area contributed by atoms with Gasteiger partial charge in [0.15, 0.2) is 5.78 Å². The maximum atomic E-state index is 13.8. The zero-order valence-electron chi connectivity index (χ0n) is 20.5. The lowest BCUT2D eigenvalue weighted by atomic mass is 9.92. The number of nitrogens with one attached hydrogen (secondary N) is 1. The summed E-state index contributed by atoms with van der Waals surface area (Å²) in [5, 5.41) is 5.63. The number of benzene rings is 2. The molecular weight excluding hydrogens is 494 g/mol. The summed E-state index contributed by atoms with van der Waals surface area (Å²) < 4.78 is 0. The number of thiophene rings is 2. The van der Waals surface area contributed by atoms with Crippen molar-refractivity contribution >= 4 is 49.6 Å². The first-order chi connectivity index (χ1) is 18.3. The molecule has 6 heteroatoms. The minimum absolute atomic E-state index is 0.0819. The SMILES string of the molecule is O=C(c1ccccc1)c1c(Nc2nc(-c3ccccc3)c3c4c(sc3n2)CCCC4)sc2c1CCCC2. The first kappa shape index (κ1) is 22.8. The lowest BCUT2D eigenvalue weighted by molar-refractivity contribution is 0.103. The van der Waals surface area contributed by atoms with Gasteiger partial charge in [-0.1, -0.05) is 60.7 Å². The largest absolute Gasteiger partial charge is 0.315 e. The van der Waals surface area contributed by atoms with Gasteiger partial charge in [0.05, 0.1) is 11.3 Å². The number of carbonyl (C=O) groups excluding carboxylic acids is 1. The molecule has 0 fully saturated rings. The molecule has 2 aliphatic carbocycles. The van der Waals surface area contributed by atoms with Crippen LogP contribution in [0, 0.1) is 0 Å². The number of rotatable bonds is 5. The van der Waals surface area contributed by atoms with Crippen LogP contribution >= 0.6 is 22.7 Å². The number of anilines is 2. The highest BCUT2D eigenvalue weighted by Gasteiger charge is 2.28. The van der Waals surface area contributed by atoms with E-state index in [2.05, 4.69) is 29.6 Å². The highest BCUT2D eigenvalue weighted by molar-refractivity contribution is 7.19. The molecule has 184 valence electrons. The van der Waals surface area contributed by atoms with Crippen LogP contribution in [0.4, 0.5) is 10.9 Å². The third kappa shape index (κ3) is 4.09. The molecule has 0 amide bonds. The van der Waals surface area contributed by atoms with Crippen molar-refractivity contribution in [1.82, 2.24) is 9.97 Å². The van der Waals surface area contributed by atoms with Crippen molar-refractivity contribution in [1.29, 1.82) is 0 Å². The van der Waals surface area contributed by atoms with E-state index in [0.717, 1.165) is 64.3 Å². The van der Waals surface area contributed by atoms with Crippen molar-refractivity contribution < 1.29 is 4.79 Å². The van der Waals surface area contributed by atoms with Gasteiger partial charge in [-0.05, 0) is 62.5 Å². The van der Waals surface area contributed by atoms with Crippen molar-refractivity contribution in [2.24, 2.45) is 0 Å². The van der Waals surface area contributed by atoms with Crippen LogP contribution in [0.1, 0.15) is 62.5 Å². The van der Waals surface area contributed by atoms with E-state index in [1.165, 1.54) is 45.5 Å². The Morgan fingerprint density at radius 3 is 2.14 bits per heavy atom. The van der Waals surface area contributed by atoms with Gasteiger partial charge in [-0.2, -0.15) is 0 Å². The number of hydrogen-bond acceptors (Lipinski definition) is 6. The summed E-state index contributed by atoms with van der Waals surface area (Å²) in [6, 6.07) is 20.1. The van der Waals surface area contributed by atoms with Crippen LogP contribution in [-0.4, -0.2) is 15.8 Å². The second-order valence-electron chi connectivity index (χ2n) is 9.89. The minimum atomic E-state index is 0.0819. The van der Waals surface area contributed by atoms with Crippen molar-refractivity contribution in [3.63, 3.8) is 0 Å². The zero-order chi connectivity index (χ0) is 24.8. The summed E-state index contributed by atoms with van der Waals surface area (Å²) in [4.78, 5) is 27.7. The number of ketones is 1. The number of aromatic nitrogens is 2. The van der Waals surface area contributed by atoms with Gasteiger partial charge in [-0.25, -0.2) is 9.97 Å². The van der Waals surface area contributed by atoms with Gasteiger partial charge in [-0.3, -0.25) is 4.79 Å². The van der Waals surface area contributed by atoms with Crippen LogP contribution < -0.4 is 5.32 Å². The Bertz CT molecular complexity index is 1620. The first-order valence-corrected chi connectivity index (χ1v) is 14.8. The smallest absolute Gasteiger partial charge is 0.229 e. The fourth-order valence-electron chi connectivity index (χ4n) is 5.75. The Hall–Kier alpha value is -3.35. The molecule has 0 aliphatic heterocycles. The topological polar surface area (TPSA) is 54.9 Å². The second-order valence-corrected chi connectivity index (χ2v) is 12.1. The molecule has 0 bridgehead atoms. The Balaban J connectivity index is 1.37. The van der Waals surface area contributed by atoms with E-state index in [1.54, 1.807) is 11.3 Å². The maximum Gasteiger partial charge on any atom is 0.229 e. The highest BCUT2D eigenvalue weighted by atomic mass is 32.1. The van der Waals surface area contributed by atoms with Gasteiger partial charge < -0.3 is 5.32 Å². The summed E-state index contributed by atoms with van der Waals surface area (Å²) in [6.45, 7) is 0. The standard InChI is InChI=1S/C31H27N3OS2/c35-28(20-13-5-2-6-14-20)26-22-16-8-10-18-24(22)37-30(26)34-31-32-27(19-11-3-1-4-12-19)25-21-15-7-9-17-23(21)36-29(25)33-31/h1-6,11-14H,7-10,15-18H2,(H,32,33,34). The average molecular weight is 522 g/mol. The van der Waals surface area contributed by atoms with Gasteiger partial charge in [0, 0.05) is 26.3 Å². The van der Waals surface area contributed by atoms with E-state index < -0.39 is 0 Å². The van der Waals surface area contributed by atoms with Gasteiger partial charge >= 0.3 is 0 Å². The van der Waals surface area contributed by atoms with E-state index >= 15 is 0 Å². The predicted molar refractivity (Wildman–Crippen MR) is 154 cm³/mol. The van der Waals surface area contributed by atoms with Crippen molar-refractivity contribution in [3.8, 4) is 11.3 Å². The second kappa shape index (κ2) is 9.51. The summed E-state index contributed by atoms with van der Waals surface area (Å²) in [6.07, 6.45) is 8.97. The van der Waals surface area contributed by atoms with Crippen molar-refractivity contribution in [2.75, 3.05) is 5.32 Å². The number of aryl methyl sites for hydroxylation is 3. The molecule has 37 heavy (non-hydrogen) atoms. The molecule has 0 saturated carbocycles. The van der Waals surface area contributed by atoms with Crippen LogP contribution in [0.2, 0.25) is 0 Å². The molecule has 3 aromatic heterocycles. The molecule has 0 spiro atoms. The summed E-state index contributed by atoms with van der Waals surface area (Å²) in [7, 11) is 0. The molecule has 2 aromatic carbocycles. The molecule has 0 unspecified atom stereocenters. The Kier molecular flexibility index (Phi) is 5.86. The first-order valence-electron chi connectivity index (χ1n) is 13.2. The third-order valence-electron chi connectivity index (χ3n) is 7.52. The fraction of sp³-hybridized carbons (Fsp3) is 0.258. The molecule has 2 aliphatic rings. The number of carbonyl (C=O) groups is 1. The van der Waals surface area contributed by atoms with Crippen molar-refractivity contribution in [3.05, 3.63) is 92.7 Å². The van der Waals surface area contributed by atoms with Gasteiger partial charge in [-0.15, -0.1) is 22.7 Å². The zero-order valence-corrected chi connectivity index (χ0v) is 22.2. The van der Waals surface area contributed by atoms with Crippen LogP contribution in [0.5, 0.6) is 0 Å². The van der Waals surface area contributed by atoms with Crippen LogP contribution in [0.25, 0.3) is 21.5 Å². The van der Waals surface area contributed by atoms with Gasteiger partial charge in [0.2, 0.25) is 5.95 Å². The Morgan fingerprint density at radius 2 is 1.38 bits per heavy atom. The van der Waals surface area contributed by atoms with Crippen LogP contribution in [-0.2, 0) is 25.7 Å². The molecule has 0 saturated heterocycles. The molecular formula is C31H27N3OS2. The van der Waals surface area contributed by atoms with E-state index in [0.29, 0.717) is 5.95 Å². The fourth-order valence-corrected chi connectivity index (χ4v) is 8.29. The van der Waals surface area contributed by atoms with E-state index in [9.17, 15) is 4.79 Å². The number of hydrogen-bond donors (Lipinski definition) is 1.